The molecule has 0 aliphatic rings. The molecular weight excluding hydrogens is 351 g/mol. The number of aromatic amines is 1. The van der Waals surface area contributed by atoms with E-state index in [9.17, 15) is 9.50 Å². The Balaban J connectivity index is 1.66. The Labute approximate surface area is 153 Å². The lowest BCUT2D eigenvalue weighted by Gasteiger charge is -2.23. The first-order valence-corrected chi connectivity index (χ1v) is 8.26. The van der Waals surface area contributed by atoms with Crippen LogP contribution in [0.4, 0.5) is 4.39 Å². The number of aryl methyl sites for hydroxylation is 1. The summed E-state index contributed by atoms with van der Waals surface area (Å²) in [6.07, 6.45) is 4.54. The predicted octanol–water partition coefficient (Wildman–Crippen LogP) is 2.25. The molecule has 0 fully saturated rings. The van der Waals surface area contributed by atoms with Gasteiger partial charge in [0.25, 0.3) is 0 Å². The van der Waals surface area contributed by atoms with Crippen molar-refractivity contribution >= 4 is 5.52 Å². The molecular formula is C18H17FN6O2. The van der Waals surface area contributed by atoms with Gasteiger partial charge in [-0.25, -0.2) is 8.91 Å². The summed E-state index contributed by atoms with van der Waals surface area (Å²) in [4.78, 5) is 3.94. The van der Waals surface area contributed by atoms with Gasteiger partial charge in [-0.3, -0.25) is 4.98 Å². The van der Waals surface area contributed by atoms with Gasteiger partial charge < -0.3 is 9.84 Å². The van der Waals surface area contributed by atoms with Crippen LogP contribution in [0.3, 0.4) is 0 Å². The van der Waals surface area contributed by atoms with E-state index in [4.69, 9.17) is 4.74 Å². The van der Waals surface area contributed by atoms with Gasteiger partial charge in [-0.1, -0.05) is 0 Å². The van der Waals surface area contributed by atoms with Crippen LogP contribution < -0.4 is 4.74 Å². The number of pyridine rings is 2. The molecule has 0 amide bonds. The molecule has 1 unspecified atom stereocenters. The molecule has 8 nitrogen and oxygen atoms in total. The van der Waals surface area contributed by atoms with Crippen LogP contribution in [0.1, 0.15) is 18.3 Å². The van der Waals surface area contributed by atoms with Gasteiger partial charge in [-0.15, -0.1) is 0 Å². The van der Waals surface area contributed by atoms with E-state index < -0.39 is 11.4 Å². The molecule has 2 N–H and O–H groups in total. The molecule has 0 saturated carbocycles. The van der Waals surface area contributed by atoms with Gasteiger partial charge in [-0.05, 0) is 38.1 Å². The highest BCUT2D eigenvalue weighted by molar-refractivity contribution is 5.69. The van der Waals surface area contributed by atoms with Gasteiger partial charge in [0.05, 0.1) is 23.8 Å². The van der Waals surface area contributed by atoms with E-state index in [0.29, 0.717) is 17.1 Å². The van der Waals surface area contributed by atoms with Crippen LogP contribution in [-0.2, 0) is 5.60 Å². The maximum Gasteiger partial charge on any atom is 0.145 e. The van der Waals surface area contributed by atoms with Crippen LogP contribution in [0, 0.1) is 12.7 Å². The second-order valence-electron chi connectivity index (χ2n) is 6.44. The summed E-state index contributed by atoms with van der Waals surface area (Å²) >= 11 is 0. The third-order valence-electron chi connectivity index (χ3n) is 4.25. The Morgan fingerprint density at radius 2 is 2.15 bits per heavy atom. The fourth-order valence-corrected chi connectivity index (χ4v) is 2.79. The van der Waals surface area contributed by atoms with Gasteiger partial charge in [0, 0.05) is 11.8 Å². The standard InChI is InChI=1S/C18H17FN6O2/c1-11-17(23-24-22-11)12-7-15(14-5-6-21-25(14)9-12)27-10-18(2,26)16-4-3-13(19)8-20-16/h3-9,26H,10H2,1-2H3,(H,22,23,24). The SMILES string of the molecule is Cc1n[nH]nc1-c1cc(OCC(C)(O)c2ccc(F)cn2)c2ccnn2c1. The van der Waals surface area contributed by atoms with Crippen molar-refractivity contribution < 1.29 is 14.2 Å². The van der Waals surface area contributed by atoms with Crippen molar-refractivity contribution in [2.24, 2.45) is 0 Å². The number of H-pyrrole nitrogens is 1. The van der Waals surface area contributed by atoms with Crippen molar-refractivity contribution in [1.82, 2.24) is 30.0 Å². The zero-order valence-corrected chi connectivity index (χ0v) is 14.7. The summed E-state index contributed by atoms with van der Waals surface area (Å²) in [7, 11) is 0. The number of nitrogens with zero attached hydrogens (tertiary/aromatic N) is 5. The van der Waals surface area contributed by atoms with E-state index >= 15 is 0 Å². The Kier molecular flexibility index (Phi) is 4.08. The van der Waals surface area contributed by atoms with Crippen molar-refractivity contribution in [1.29, 1.82) is 0 Å². The second kappa shape index (κ2) is 6.44. The van der Waals surface area contributed by atoms with Crippen molar-refractivity contribution in [2.45, 2.75) is 19.4 Å². The largest absolute Gasteiger partial charge is 0.488 e. The van der Waals surface area contributed by atoms with Crippen molar-refractivity contribution in [3.63, 3.8) is 0 Å². The molecule has 0 bridgehead atoms. The fourth-order valence-electron chi connectivity index (χ4n) is 2.79. The summed E-state index contributed by atoms with van der Waals surface area (Å²) < 4.78 is 20.7. The maximum absolute atomic E-state index is 13.1. The molecule has 4 aromatic rings. The maximum atomic E-state index is 13.1. The molecule has 0 radical (unpaired) electrons. The lowest BCUT2D eigenvalue weighted by atomic mass is 10.0. The van der Waals surface area contributed by atoms with E-state index in [0.717, 1.165) is 23.0 Å². The Hall–Kier alpha value is -3.33. The lowest BCUT2D eigenvalue weighted by molar-refractivity contribution is 0.00420. The van der Waals surface area contributed by atoms with Gasteiger partial charge in [0.2, 0.25) is 0 Å². The lowest BCUT2D eigenvalue weighted by Crippen LogP contribution is -2.30. The Morgan fingerprint density at radius 1 is 1.30 bits per heavy atom. The molecule has 0 spiro atoms. The molecule has 4 rings (SSSR count). The molecule has 1 atom stereocenters. The zero-order chi connectivity index (χ0) is 19.0. The molecule has 0 aliphatic heterocycles. The first kappa shape index (κ1) is 17.1. The van der Waals surface area contributed by atoms with Crippen LogP contribution in [0.15, 0.2) is 42.9 Å². The minimum absolute atomic E-state index is 0.0757. The first-order valence-electron chi connectivity index (χ1n) is 8.26. The number of nitrogens with one attached hydrogen (secondary N) is 1. The number of aromatic nitrogens is 6. The Bertz CT molecular complexity index is 1090. The van der Waals surface area contributed by atoms with Crippen molar-refractivity contribution in [2.75, 3.05) is 6.61 Å². The van der Waals surface area contributed by atoms with Crippen molar-refractivity contribution in [3.05, 3.63) is 60.1 Å². The molecule has 4 aromatic heterocycles. The van der Waals surface area contributed by atoms with Gasteiger partial charge in [-0.2, -0.15) is 20.5 Å². The smallest absolute Gasteiger partial charge is 0.145 e. The predicted molar refractivity (Wildman–Crippen MR) is 94.6 cm³/mol. The summed E-state index contributed by atoms with van der Waals surface area (Å²) in [5, 5.41) is 25.7. The zero-order valence-electron chi connectivity index (χ0n) is 14.7. The highest BCUT2D eigenvalue weighted by atomic mass is 19.1. The number of hydrogen-bond donors (Lipinski definition) is 2. The van der Waals surface area contributed by atoms with Gasteiger partial charge in [0.15, 0.2) is 0 Å². The van der Waals surface area contributed by atoms with Crippen molar-refractivity contribution in [3.8, 4) is 17.0 Å². The van der Waals surface area contributed by atoms with Crippen LogP contribution in [-0.4, -0.2) is 41.7 Å². The number of ether oxygens (including phenoxy) is 1. The van der Waals surface area contributed by atoms with Gasteiger partial charge in [0.1, 0.15) is 35.0 Å². The van der Waals surface area contributed by atoms with Crippen LogP contribution in [0.2, 0.25) is 0 Å². The topological polar surface area (TPSA) is 101 Å². The normalized spacial score (nSPS) is 13.6. The number of hydrogen-bond acceptors (Lipinski definition) is 6. The van der Waals surface area contributed by atoms with E-state index in [2.05, 4.69) is 25.5 Å². The molecule has 27 heavy (non-hydrogen) atoms. The minimum Gasteiger partial charge on any atom is -0.488 e. The summed E-state index contributed by atoms with van der Waals surface area (Å²) in [6, 6.07) is 6.30. The van der Waals surface area contributed by atoms with Gasteiger partial charge >= 0.3 is 0 Å². The van der Waals surface area contributed by atoms with Crippen LogP contribution in [0.25, 0.3) is 16.8 Å². The van der Waals surface area contributed by atoms with E-state index in [1.807, 2.05) is 19.2 Å². The average molecular weight is 368 g/mol. The average Bonchev–Trinajstić information content (AvgIpc) is 3.28. The molecule has 4 heterocycles. The van der Waals surface area contributed by atoms with E-state index in [-0.39, 0.29) is 6.61 Å². The summed E-state index contributed by atoms with van der Waals surface area (Å²) in [6.45, 7) is 3.33. The monoisotopic (exact) mass is 368 g/mol. The van der Waals surface area contributed by atoms with E-state index in [1.54, 1.807) is 23.7 Å². The summed E-state index contributed by atoms with van der Waals surface area (Å²) in [5.41, 5.74) is 1.86. The number of aliphatic hydroxyl groups is 1. The quantitative estimate of drug-likeness (QED) is 0.560. The molecule has 0 saturated heterocycles. The van der Waals surface area contributed by atoms with E-state index in [1.165, 1.54) is 12.1 Å². The Morgan fingerprint density at radius 3 is 2.85 bits per heavy atom. The molecule has 0 aliphatic carbocycles. The fraction of sp³-hybridized carbons (Fsp3) is 0.222. The number of halogens is 1. The molecule has 0 aromatic carbocycles. The van der Waals surface area contributed by atoms with Crippen LogP contribution >= 0.6 is 0 Å². The number of fused-ring (bicyclic) bond motifs is 1. The highest BCUT2D eigenvalue weighted by Gasteiger charge is 2.26. The molecule has 9 heteroatoms. The second-order valence-corrected chi connectivity index (χ2v) is 6.44. The third kappa shape index (κ3) is 3.24. The highest BCUT2D eigenvalue weighted by Crippen LogP contribution is 2.29. The summed E-state index contributed by atoms with van der Waals surface area (Å²) in [5.74, 6) is 0.0573. The first-order chi connectivity index (χ1) is 12.9. The molecule has 138 valence electrons. The number of rotatable bonds is 5. The van der Waals surface area contributed by atoms with Crippen LogP contribution in [0.5, 0.6) is 5.75 Å². The third-order valence-corrected chi connectivity index (χ3v) is 4.25. The minimum atomic E-state index is -1.40.